The van der Waals surface area contributed by atoms with Gasteiger partial charge in [0.2, 0.25) is 5.91 Å². The first-order chi connectivity index (χ1) is 20.5. The second-order valence-corrected chi connectivity index (χ2v) is 11.7. The van der Waals surface area contributed by atoms with Crippen LogP contribution in [0.4, 0.5) is 21.0 Å². The van der Waals surface area contributed by atoms with E-state index in [-0.39, 0.29) is 18.9 Å². The van der Waals surface area contributed by atoms with Crippen LogP contribution in [0.1, 0.15) is 38.7 Å². The summed E-state index contributed by atoms with van der Waals surface area (Å²) in [5.74, 6) is -0.265. The topological polar surface area (TPSA) is 118 Å². The van der Waals surface area contributed by atoms with E-state index in [0.717, 1.165) is 5.56 Å². The van der Waals surface area contributed by atoms with Gasteiger partial charge in [0.15, 0.2) is 6.17 Å². The zero-order chi connectivity index (χ0) is 31.1. The Morgan fingerprint density at radius 3 is 2.09 bits per heavy atom. The van der Waals surface area contributed by atoms with Gasteiger partial charge < -0.3 is 10.2 Å². The lowest BCUT2D eigenvalue weighted by atomic mass is 9.99. The fourth-order valence-corrected chi connectivity index (χ4v) is 5.12. The van der Waals surface area contributed by atoms with Gasteiger partial charge in [0.05, 0.1) is 11.8 Å². The molecule has 3 N–H and O–H groups in total. The van der Waals surface area contributed by atoms with E-state index in [1.165, 1.54) is 11.1 Å². The molecule has 0 unspecified atom stereocenters. The summed E-state index contributed by atoms with van der Waals surface area (Å²) in [5.41, 5.74) is 3.12. The third-order valence-electron chi connectivity index (χ3n) is 6.96. The number of nitrogens with zero attached hydrogens (tertiary/aromatic N) is 4. The summed E-state index contributed by atoms with van der Waals surface area (Å²) in [6.07, 6.45) is 1.59. The molecule has 1 heterocycles. The van der Waals surface area contributed by atoms with Crippen LogP contribution in [0.5, 0.6) is 0 Å². The Morgan fingerprint density at radius 1 is 0.930 bits per heavy atom. The number of halogens is 3. The molecule has 1 aliphatic heterocycles. The third-order valence-corrected chi connectivity index (χ3v) is 7.71. The third kappa shape index (κ3) is 7.97. The summed E-state index contributed by atoms with van der Waals surface area (Å²) >= 11 is 17.9. The monoisotopic (exact) mass is 644 g/mol. The molecule has 226 valence electrons. The van der Waals surface area contributed by atoms with Gasteiger partial charge in [-0.3, -0.25) is 14.9 Å². The predicted molar refractivity (Wildman–Crippen MR) is 169 cm³/mol. The van der Waals surface area contributed by atoms with Gasteiger partial charge in [0.25, 0.3) is 0 Å². The van der Waals surface area contributed by atoms with E-state index < -0.39 is 23.8 Å². The molecule has 0 bridgehead atoms. The number of nitrogens with one attached hydrogen (secondary N) is 2. The Balaban J connectivity index is 1.42. The Morgan fingerprint density at radius 2 is 1.49 bits per heavy atom. The van der Waals surface area contributed by atoms with Crippen LogP contribution in [-0.2, 0) is 4.79 Å². The molecule has 0 aromatic heterocycles. The first kappa shape index (κ1) is 32.1. The lowest BCUT2D eigenvalue weighted by Crippen LogP contribution is -2.58. The summed E-state index contributed by atoms with van der Waals surface area (Å²) in [6, 6.07) is 18.7. The average Bonchev–Trinajstić information content (AvgIpc) is 3.17. The molecule has 3 aromatic rings. The van der Waals surface area contributed by atoms with Crippen LogP contribution < -0.4 is 15.6 Å². The minimum absolute atomic E-state index is 0.195. The van der Waals surface area contributed by atoms with Gasteiger partial charge in [-0.05, 0) is 92.9 Å². The maximum atomic E-state index is 13.8. The van der Waals surface area contributed by atoms with Gasteiger partial charge in [0.1, 0.15) is 0 Å². The molecule has 1 aliphatic rings. The molecule has 43 heavy (non-hydrogen) atoms. The highest BCUT2D eigenvalue weighted by Gasteiger charge is 2.55. The molecule has 4 rings (SSSR count). The summed E-state index contributed by atoms with van der Waals surface area (Å²) in [7, 11) is 0. The SMILES string of the molecule is CC1(C)[C@H](N(O)C(=O)Nc2ccc(Cl)cc2)N(c2ccc(Cl)cc2)C(=O)N1CCCCC(=O)N/N=C/c1ccc(Cl)cc1. The highest BCUT2D eigenvalue weighted by atomic mass is 35.5. The van der Waals surface area contributed by atoms with Gasteiger partial charge in [-0.15, -0.1) is 0 Å². The lowest BCUT2D eigenvalue weighted by molar-refractivity contribution is -0.121. The quantitative estimate of drug-likeness (QED) is 0.0933. The molecule has 0 spiro atoms. The number of hydrogen-bond donors (Lipinski definition) is 3. The van der Waals surface area contributed by atoms with Crippen molar-refractivity contribution in [3.05, 3.63) is 93.4 Å². The van der Waals surface area contributed by atoms with Crippen molar-refractivity contribution in [1.29, 1.82) is 0 Å². The van der Waals surface area contributed by atoms with E-state index in [1.54, 1.807) is 91.5 Å². The van der Waals surface area contributed by atoms with Gasteiger partial charge in [-0.1, -0.05) is 46.9 Å². The fourth-order valence-electron chi connectivity index (χ4n) is 4.75. The number of benzene rings is 3. The molecule has 1 fully saturated rings. The van der Waals surface area contributed by atoms with Gasteiger partial charge >= 0.3 is 12.1 Å². The number of amides is 5. The van der Waals surface area contributed by atoms with E-state index >= 15 is 0 Å². The molecule has 0 radical (unpaired) electrons. The highest BCUT2D eigenvalue weighted by Crippen LogP contribution is 2.38. The molecular weight excluding hydrogens is 615 g/mol. The van der Waals surface area contributed by atoms with Crippen molar-refractivity contribution >= 4 is 70.4 Å². The number of carbonyl (C=O) groups excluding carboxylic acids is 3. The summed E-state index contributed by atoms with van der Waals surface area (Å²) < 4.78 is 0. The minimum atomic E-state index is -1.10. The number of rotatable bonds is 10. The van der Waals surface area contributed by atoms with Crippen LogP contribution in [0.3, 0.4) is 0 Å². The van der Waals surface area contributed by atoms with E-state index in [4.69, 9.17) is 34.8 Å². The minimum Gasteiger partial charge on any atom is -0.315 e. The molecule has 0 aliphatic carbocycles. The van der Waals surface area contributed by atoms with Crippen molar-refractivity contribution in [3.8, 4) is 0 Å². The fraction of sp³-hybridized carbons (Fsp3) is 0.267. The van der Waals surface area contributed by atoms with Crippen LogP contribution >= 0.6 is 34.8 Å². The van der Waals surface area contributed by atoms with Gasteiger partial charge in [-0.25, -0.2) is 15.0 Å². The largest absolute Gasteiger partial charge is 0.347 e. The van der Waals surface area contributed by atoms with E-state index in [1.807, 2.05) is 0 Å². The number of anilines is 2. The number of unbranched alkanes of at least 4 members (excludes halogenated alkanes) is 1. The zero-order valence-electron chi connectivity index (χ0n) is 23.5. The number of carbonyl (C=O) groups is 3. The van der Waals surface area contributed by atoms with Crippen molar-refractivity contribution < 1.29 is 19.6 Å². The normalized spacial score (nSPS) is 16.0. The number of urea groups is 2. The number of hydroxylamine groups is 2. The maximum Gasteiger partial charge on any atom is 0.347 e. The highest BCUT2D eigenvalue weighted by molar-refractivity contribution is 6.31. The molecule has 5 amide bonds. The Kier molecular flexibility index (Phi) is 10.5. The molecule has 13 heteroatoms. The number of hydrogen-bond acceptors (Lipinski definition) is 5. The molecular formula is C30H31Cl3N6O4. The van der Waals surface area contributed by atoms with Crippen molar-refractivity contribution in [3.63, 3.8) is 0 Å². The van der Waals surface area contributed by atoms with Crippen molar-refractivity contribution in [1.82, 2.24) is 15.4 Å². The standard InChI is InChI=1S/C30H31Cl3N6O4/c1-30(2)27(39(43)28(41)35-24-14-10-22(32)11-15-24)38(25-16-12-23(33)13-17-25)29(42)37(30)18-4-3-5-26(40)36-34-19-20-6-8-21(31)9-7-20/h6-17,19,27,43H,3-5,18H2,1-2H3,(H,35,41)(H,36,40)/b34-19+/t27-/m0/s1. The van der Waals surface area contributed by atoms with E-state index in [2.05, 4.69) is 15.8 Å². The average molecular weight is 646 g/mol. The Bertz CT molecular complexity index is 1470. The maximum absolute atomic E-state index is 13.8. The Labute approximate surface area is 264 Å². The van der Waals surface area contributed by atoms with Crippen molar-refractivity contribution in [2.75, 3.05) is 16.8 Å². The molecule has 1 saturated heterocycles. The molecule has 0 saturated carbocycles. The zero-order valence-corrected chi connectivity index (χ0v) is 25.8. The van der Waals surface area contributed by atoms with Crippen LogP contribution in [0, 0.1) is 0 Å². The van der Waals surface area contributed by atoms with Crippen molar-refractivity contribution in [2.45, 2.75) is 44.8 Å². The van der Waals surface area contributed by atoms with Gasteiger partial charge in [-0.2, -0.15) is 10.2 Å². The molecule has 10 nitrogen and oxygen atoms in total. The lowest BCUT2D eigenvalue weighted by Gasteiger charge is -2.38. The summed E-state index contributed by atoms with van der Waals surface area (Å²) in [6.45, 7) is 3.81. The summed E-state index contributed by atoms with van der Waals surface area (Å²) in [5, 5.41) is 19.9. The second kappa shape index (κ2) is 14.1. The smallest absolute Gasteiger partial charge is 0.315 e. The molecule has 1 atom stereocenters. The Hall–Kier alpha value is -3.83. The number of hydrazone groups is 1. The second-order valence-electron chi connectivity index (χ2n) is 10.4. The van der Waals surface area contributed by atoms with Crippen LogP contribution in [0.25, 0.3) is 0 Å². The predicted octanol–water partition coefficient (Wildman–Crippen LogP) is 7.24. The first-order valence-corrected chi connectivity index (χ1v) is 14.6. The van der Waals surface area contributed by atoms with E-state index in [9.17, 15) is 19.6 Å². The summed E-state index contributed by atoms with van der Waals surface area (Å²) in [4.78, 5) is 42.2. The molecule has 3 aromatic carbocycles. The first-order valence-electron chi connectivity index (χ1n) is 13.5. The van der Waals surface area contributed by atoms with Crippen LogP contribution in [0.2, 0.25) is 15.1 Å². The van der Waals surface area contributed by atoms with Crippen molar-refractivity contribution in [2.24, 2.45) is 5.10 Å². The van der Waals surface area contributed by atoms with Gasteiger partial charge in [0, 0.05) is 39.4 Å². The van der Waals surface area contributed by atoms with E-state index in [0.29, 0.717) is 44.3 Å². The van der Waals surface area contributed by atoms with Crippen LogP contribution in [-0.4, -0.2) is 57.6 Å². The van der Waals surface area contributed by atoms with Crippen LogP contribution in [0.15, 0.2) is 77.9 Å².